The van der Waals surface area contributed by atoms with Crippen LogP contribution in [0.15, 0.2) is 53.4 Å². The molecule has 2 N–H and O–H groups in total. The minimum Gasteiger partial charge on any atom is -0.325 e. The van der Waals surface area contributed by atoms with Crippen molar-refractivity contribution in [2.75, 3.05) is 5.32 Å². The number of amides is 1. The SMILES string of the molecule is CC(C)[C@@H](NS(=O)(=O)c1cccc(Cl)c1)C(=O)Nc1cccc(F)c1. The van der Waals surface area contributed by atoms with E-state index in [0.29, 0.717) is 0 Å². The van der Waals surface area contributed by atoms with Crippen LogP contribution in [0.5, 0.6) is 0 Å². The molecule has 0 aliphatic rings. The first-order valence-electron chi connectivity index (χ1n) is 7.53. The summed E-state index contributed by atoms with van der Waals surface area (Å²) in [5.74, 6) is -1.41. The Kier molecular flexibility index (Phi) is 6.16. The highest BCUT2D eigenvalue weighted by molar-refractivity contribution is 7.89. The molecule has 5 nitrogen and oxygen atoms in total. The molecule has 0 aliphatic heterocycles. The predicted molar refractivity (Wildman–Crippen MR) is 95.4 cm³/mol. The molecule has 1 atom stereocenters. The Morgan fingerprint density at radius 2 is 1.80 bits per heavy atom. The molecule has 2 aromatic carbocycles. The average Bonchev–Trinajstić information content (AvgIpc) is 2.52. The summed E-state index contributed by atoms with van der Waals surface area (Å²) in [4.78, 5) is 12.4. The lowest BCUT2D eigenvalue weighted by Gasteiger charge is -2.21. The molecule has 0 fully saturated rings. The van der Waals surface area contributed by atoms with Crippen LogP contribution in [0.1, 0.15) is 13.8 Å². The number of hydrogen-bond acceptors (Lipinski definition) is 3. The maximum absolute atomic E-state index is 13.2. The molecular formula is C17H18ClFN2O3S. The van der Waals surface area contributed by atoms with Gasteiger partial charge in [0.2, 0.25) is 15.9 Å². The number of sulfonamides is 1. The number of halogens is 2. The van der Waals surface area contributed by atoms with Gasteiger partial charge < -0.3 is 5.32 Å². The van der Waals surface area contributed by atoms with Crippen LogP contribution in [-0.4, -0.2) is 20.4 Å². The fraction of sp³-hybridized carbons (Fsp3) is 0.235. The van der Waals surface area contributed by atoms with E-state index in [9.17, 15) is 17.6 Å². The molecule has 8 heteroatoms. The Labute approximate surface area is 151 Å². The second-order valence-corrected chi connectivity index (χ2v) is 7.95. The Hall–Kier alpha value is -1.96. The molecule has 0 spiro atoms. The standard InChI is InChI=1S/C17H18ClFN2O3S/c1-11(2)16(17(22)20-14-7-4-6-13(19)10-14)21-25(23,24)15-8-3-5-12(18)9-15/h3-11,16,21H,1-2H3,(H,20,22)/t16-/m1/s1. The molecule has 25 heavy (non-hydrogen) atoms. The zero-order valence-electron chi connectivity index (χ0n) is 13.7. The van der Waals surface area contributed by atoms with E-state index in [1.165, 1.54) is 36.4 Å². The minimum absolute atomic E-state index is 0.0378. The summed E-state index contributed by atoms with van der Waals surface area (Å²) in [5, 5.41) is 2.79. The predicted octanol–water partition coefficient (Wildman–Crippen LogP) is 3.42. The highest BCUT2D eigenvalue weighted by Gasteiger charge is 2.28. The number of anilines is 1. The van der Waals surface area contributed by atoms with Crippen molar-refractivity contribution in [3.05, 3.63) is 59.4 Å². The molecule has 1 amide bonds. The lowest BCUT2D eigenvalue weighted by atomic mass is 10.0. The maximum Gasteiger partial charge on any atom is 0.242 e. The fourth-order valence-corrected chi connectivity index (χ4v) is 3.79. The number of hydrogen-bond donors (Lipinski definition) is 2. The zero-order chi connectivity index (χ0) is 18.6. The topological polar surface area (TPSA) is 75.3 Å². The van der Waals surface area contributed by atoms with Crippen LogP contribution in [0.25, 0.3) is 0 Å². The van der Waals surface area contributed by atoms with Gasteiger partial charge in [-0.2, -0.15) is 4.72 Å². The summed E-state index contributed by atoms with van der Waals surface area (Å²) >= 11 is 5.83. The number of carbonyl (C=O) groups is 1. The van der Waals surface area contributed by atoms with Gasteiger partial charge in [-0.1, -0.05) is 37.6 Å². The monoisotopic (exact) mass is 384 g/mol. The smallest absolute Gasteiger partial charge is 0.242 e. The first-order valence-corrected chi connectivity index (χ1v) is 9.39. The summed E-state index contributed by atoms with van der Waals surface area (Å²) in [6.45, 7) is 3.41. The molecule has 0 saturated heterocycles. The van der Waals surface area contributed by atoms with Gasteiger partial charge >= 0.3 is 0 Å². The molecule has 134 valence electrons. The maximum atomic E-state index is 13.2. The van der Waals surface area contributed by atoms with Crippen LogP contribution < -0.4 is 10.0 Å². The normalized spacial score (nSPS) is 12.8. The number of benzene rings is 2. The van der Waals surface area contributed by atoms with Crippen LogP contribution in [0, 0.1) is 11.7 Å². The molecule has 0 aliphatic carbocycles. The molecule has 2 rings (SSSR count). The molecule has 0 aromatic heterocycles. The third-order valence-corrected chi connectivity index (χ3v) is 5.10. The van der Waals surface area contributed by atoms with Gasteiger partial charge in [0.25, 0.3) is 0 Å². The van der Waals surface area contributed by atoms with Crippen molar-refractivity contribution >= 4 is 33.2 Å². The lowest BCUT2D eigenvalue weighted by molar-refractivity contribution is -0.118. The molecule has 0 bridgehead atoms. The highest BCUT2D eigenvalue weighted by Crippen LogP contribution is 2.18. The van der Waals surface area contributed by atoms with Gasteiger partial charge in [0.05, 0.1) is 4.90 Å². The Morgan fingerprint density at radius 3 is 2.40 bits per heavy atom. The lowest BCUT2D eigenvalue weighted by Crippen LogP contribution is -2.47. The van der Waals surface area contributed by atoms with Crippen LogP contribution in [0.2, 0.25) is 5.02 Å². The van der Waals surface area contributed by atoms with Crippen LogP contribution >= 0.6 is 11.6 Å². The summed E-state index contributed by atoms with van der Waals surface area (Å²) in [7, 11) is -3.94. The number of nitrogens with one attached hydrogen (secondary N) is 2. The first kappa shape index (κ1) is 19.4. The van der Waals surface area contributed by atoms with Gasteiger partial charge in [-0.15, -0.1) is 0 Å². The van der Waals surface area contributed by atoms with Gasteiger partial charge in [-0.3, -0.25) is 4.79 Å². The van der Waals surface area contributed by atoms with E-state index in [4.69, 9.17) is 11.6 Å². The third kappa shape index (κ3) is 5.26. The zero-order valence-corrected chi connectivity index (χ0v) is 15.2. The Morgan fingerprint density at radius 1 is 1.12 bits per heavy atom. The summed E-state index contributed by atoms with van der Waals surface area (Å²) in [6, 6.07) is 10.1. The van der Waals surface area contributed by atoms with E-state index >= 15 is 0 Å². The van der Waals surface area contributed by atoms with E-state index in [1.807, 2.05) is 0 Å². The van der Waals surface area contributed by atoms with E-state index in [-0.39, 0.29) is 21.5 Å². The quantitative estimate of drug-likeness (QED) is 0.801. The largest absolute Gasteiger partial charge is 0.325 e. The molecule has 0 radical (unpaired) electrons. The van der Waals surface area contributed by atoms with Gasteiger partial charge in [0.1, 0.15) is 11.9 Å². The molecule has 2 aromatic rings. The van der Waals surface area contributed by atoms with E-state index < -0.39 is 27.8 Å². The Balaban J connectivity index is 2.21. The summed E-state index contributed by atoms with van der Waals surface area (Å²) in [5.41, 5.74) is 0.248. The van der Waals surface area contributed by atoms with Crippen LogP contribution in [0.3, 0.4) is 0 Å². The van der Waals surface area contributed by atoms with E-state index in [0.717, 1.165) is 6.07 Å². The van der Waals surface area contributed by atoms with Gasteiger partial charge in [-0.05, 0) is 42.3 Å². The number of rotatable bonds is 6. The fourth-order valence-electron chi connectivity index (χ4n) is 2.15. The first-order chi connectivity index (χ1) is 11.7. The molecule has 0 saturated carbocycles. The van der Waals surface area contributed by atoms with Crippen molar-refractivity contribution in [2.45, 2.75) is 24.8 Å². The van der Waals surface area contributed by atoms with Gasteiger partial charge in [0, 0.05) is 10.7 Å². The average molecular weight is 385 g/mol. The van der Waals surface area contributed by atoms with Crippen molar-refractivity contribution in [1.29, 1.82) is 0 Å². The summed E-state index contributed by atoms with van der Waals surface area (Å²) < 4.78 is 40.6. The van der Waals surface area contributed by atoms with Crippen LogP contribution in [0.4, 0.5) is 10.1 Å². The Bertz CT molecular complexity index is 872. The van der Waals surface area contributed by atoms with Crippen molar-refractivity contribution in [1.82, 2.24) is 4.72 Å². The van der Waals surface area contributed by atoms with Crippen molar-refractivity contribution in [2.24, 2.45) is 5.92 Å². The molecule has 0 heterocycles. The number of carbonyl (C=O) groups excluding carboxylic acids is 1. The third-order valence-electron chi connectivity index (χ3n) is 3.43. The molecule has 0 unspecified atom stereocenters. The van der Waals surface area contributed by atoms with E-state index in [2.05, 4.69) is 10.0 Å². The second-order valence-electron chi connectivity index (χ2n) is 5.80. The van der Waals surface area contributed by atoms with Crippen molar-refractivity contribution in [3.63, 3.8) is 0 Å². The molecular weight excluding hydrogens is 367 g/mol. The summed E-state index contributed by atoms with van der Waals surface area (Å²) in [6.07, 6.45) is 0. The van der Waals surface area contributed by atoms with Crippen LogP contribution in [-0.2, 0) is 14.8 Å². The second kappa shape index (κ2) is 7.95. The minimum atomic E-state index is -3.94. The van der Waals surface area contributed by atoms with Gasteiger partial charge in [0.15, 0.2) is 0 Å². The highest BCUT2D eigenvalue weighted by atomic mass is 35.5. The van der Waals surface area contributed by atoms with Crippen molar-refractivity contribution in [3.8, 4) is 0 Å². The van der Waals surface area contributed by atoms with Gasteiger partial charge in [-0.25, -0.2) is 12.8 Å². The van der Waals surface area contributed by atoms with E-state index in [1.54, 1.807) is 19.9 Å². The van der Waals surface area contributed by atoms with Crippen molar-refractivity contribution < 1.29 is 17.6 Å².